The molecule has 0 radical (unpaired) electrons. The van der Waals surface area contributed by atoms with Gasteiger partial charge in [-0.3, -0.25) is 0 Å². The lowest BCUT2D eigenvalue weighted by Gasteiger charge is -1.99. The summed E-state index contributed by atoms with van der Waals surface area (Å²) in [5, 5.41) is 2.94. The van der Waals surface area contributed by atoms with Crippen LogP contribution in [0.15, 0.2) is 45.4 Å². The number of fused-ring (bicyclic) bond motifs is 1. The minimum Gasteiger partial charge on any atom is -0.421 e. The molecule has 6 heteroatoms. The van der Waals surface area contributed by atoms with Crippen molar-refractivity contribution in [2.24, 2.45) is 0 Å². The number of anilines is 2. The van der Waals surface area contributed by atoms with E-state index in [1.165, 1.54) is 12.1 Å². The minimum absolute atomic E-state index is 0.288. The van der Waals surface area contributed by atoms with Crippen LogP contribution in [0.3, 0.4) is 0 Å². The first-order valence-corrected chi connectivity index (χ1v) is 5.95. The van der Waals surface area contributed by atoms with Crippen molar-refractivity contribution in [2.45, 2.75) is 0 Å². The third-order valence-electron chi connectivity index (χ3n) is 2.31. The maximum absolute atomic E-state index is 12.8. The second kappa shape index (κ2) is 4.38. The van der Waals surface area contributed by atoms with Crippen LogP contribution in [0.2, 0.25) is 0 Å². The largest absolute Gasteiger partial charge is 0.421 e. The fourth-order valence-corrected chi connectivity index (χ4v) is 1.82. The van der Waals surface area contributed by atoms with Crippen molar-refractivity contribution in [3.8, 4) is 0 Å². The van der Waals surface area contributed by atoms with Crippen LogP contribution in [0.1, 0.15) is 0 Å². The normalized spacial score (nSPS) is 10.8. The number of rotatable bonds is 2. The summed E-state index contributed by atoms with van der Waals surface area (Å²) in [4.78, 5) is 8.27. The maximum atomic E-state index is 12.8. The van der Waals surface area contributed by atoms with E-state index in [0.29, 0.717) is 22.9 Å². The van der Waals surface area contributed by atoms with Gasteiger partial charge in [-0.05, 0) is 40.2 Å². The molecule has 0 saturated heterocycles. The number of nitrogens with one attached hydrogen (secondary N) is 1. The molecule has 0 spiro atoms. The van der Waals surface area contributed by atoms with E-state index >= 15 is 0 Å². The van der Waals surface area contributed by atoms with E-state index in [0.717, 1.165) is 4.47 Å². The molecule has 0 amide bonds. The van der Waals surface area contributed by atoms with Crippen LogP contribution in [-0.4, -0.2) is 9.97 Å². The summed E-state index contributed by atoms with van der Waals surface area (Å²) in [5.74, 6) is -0.288. The zero-order valence-electron chi connectivity index (χ0n) is 9.02. The Hall–Kier alpha value is -1.95. The molecule has 90 valence electrons. The number of oxazole rings is 1. The number of pyridine rings is 1. The van der Waals surface area contributed by atoms with Crippen molar-refractivity contribution >= 4 is 38.9 Å². The van der Waals surface area contributed by atoms with Crippen LogP contribution in [0.25, 0.3) is 11.2 Å². The lowest BCUT2D eigenvalue weighted by molar-refractivity contribution is 0.621. The molecule has 4 nitrogen and oxygen atoms in total. The highest BCUT2D eigenvalue weighted by Crippen LogP contribution is 2.23. The smallest absolute Gasteiger partial charge is 0.301 e. The van der Waals surface area contributed by atoms with Crippen molar-refractivity contribution in [3.63, 3.8) is 0 Å². The van der Waals surface area contributed by atoms with Gasteiger partial charge in [0.1, 0.15) is 5.82 Å². The third-order valence-corrected chi connectivity index (χ3v) is 2.74. The Balaban J connectivity index is 1.92. The van der Waals surface area contributed by atoms with Gasteiger partial charge in [-0.2, -0.15) is 4.98 Å². The molecule has 0 aliphatic heterocycles. The second-order valence-corrected chi connectivity index (χ2v) is 4.54. The van der Waals surface area contributed by atoms with Crippen LogP contribution in [0, 0.1) is 5.82 Å². The molecular formula is C12H7BrFN3O. The van der Waals surface area contributed by atoms with Crippen molar-refractivity contribution in [2.75, 3.05) is 5.32 Å². The average Bonchev–Trinajstić information content (AvgIpc) is 2.73. The van der Waals surface area contributed by atoms with Crippen molar-refractivity contribution in [3.05, 3.63) is 46.8 Å². The fourth-order valence-electron chi connectivity index (χ4n) is 1.51. The van der Waals surface area contributed by atoms with Gasteiger partial charge in [-0.1, -0.05) is 0 Å². The van der Waals surface area contributed by atoms with Crippen LogP contribution in [0.5, 0.6) is 0 Å². The molecule has 0 aliphatic carbocycles. The number of halogens is 2. The topological polar surface area (TPSA) is 51.0 Å². The third kappa shape index (κ3) is 2.19. The Morgan fingerprint density at radius 2 is 2.00 bits per heavy atom. The van der Waals surface area contributed by atoms with Gasteiger partial charge >= 0.3 is 6.01 Å². The number of nitrogens with zero attached hydrogens (tertiary/aromatic N) is 2. The molecular weight excluding hydrogens is 301 g/mol. The Morgan fingerprint density at radius 1 is 1.22 bits per heavy atom. The van der Waals surface area contributed by atoms with E-state index in [1.54, 1.807) is 24.4 Å². The highest BCUT2D eigenvalue weighted by molar-refractivity contribution is 9.10. The van der Waals surface area contributed by atoms with Crippen molar-refractivity contribution in [1.82, 2.24) is 9.97 Å². The van der Waals surface area contributed by atoms with Crippen LogP contribution < -0.4 is 5.32 Å². The van der Waals surface area contributed by atoms with E-state index in [4.69, 9.17) is 4.42 Å². The molecule has 0 unspecified atom stereocenters. The van der Waals surface area contributed by atoms with E-state index in [-0.39, 0.29) is 5.82 Å². The predicted molar refractivity (Wildman–Crippen MR) is 69.2 cm³/mol. The highest BCUT2D eigenvalue weighted by atomic mass is 79.9. The highest BCUT2D eigenvalue weighted by Gasteiger charge is 2.07. The first kappa shape index (κ1) is 11.2. The van der Waals surface area contributed by atoms with E-state index < -0.39 is 0 Å². The van der Waals surface area contributed by atoms with E-state index in [2.05, 4.69) is 31.2 Å². The average molecular weight is 308 g/mol. The number of benzene rings is 1. The van der Waals surface area contributed by atoms with Gasteiger partial charge in [0.25, 0.3) is 0 Å². The molecule has 2 aromatic heterocycles. The van der Waals surface area contributed by atoms with Gasteiger partial charge in [0.15, 0.2) is 5.58 Å². The molecule has 2 heterocycles. The van der Waals surface area contributed by atoms with E-state index in [1.807, 2.05) is 0 Å². The summed E-state index contributed by atoms with van der Waals surface area (Å²) in [7, 11) is 0. The van der Waals surface area contributed by atoms with E-state index in [9.17, 15) is 4.39 Å². The summed E-state index contributed by atoms with van der Waals surface area (Å²) < 4.78 is 19.0. The van der Waals surface area contributed by atoms with Gasteiger partial charge in [0, 0.05) is 22.4 Å². The number of hydrogen-bond donors (Lipinski definition) is 1. The molecule has 0 aliphatic rings. The molecule has 0 atom stereocenters. The van der Waals surface area contributed by atoms with Crippen molar-refractivity contribution < 1.29 is 8.81 Å². The summed E-state index contributed by atoms with van der Waals surface area (Å²) in [6.07, 6.45) is 1.65. The Kier molecular flexibility index (Phi) is 2.71. The molecule has 3 aromatic rings. The molecule has 1 N–H and O–H groups in total. The van der Waals surface area contributed by atoms with Gasteiger partial charge in [-0.15, -0.1) is 0 Å². The lowest BCUT2D eigenvalue weighted by atomic mass is 10.3. The first-order chi connectivity index (χ1) is 8.70. The number of hydrogen-bond acceptors (Lipinski definition) is 4. The molecule has 0 bridgehead atoms. The number of aromatic nitrogens is 2. The summed E-state index contributed by atoms with van der Waals surface area (Å²) in [6.45, 7) is 0. The van der Waals surface area contributed by atoms with Gasteiger partial charge in [0.2, 0.25) is 5.65 Å². The SMILES string of the molecule is Fc1ccc(Nc2nc3ncc(Br)cc3o2)cc1. The minimum atomic E-state index is -0.288. The monoisotopic (exact) mass is 307 g/mol. The van der Waals surface area contributed by atoms with Crippen LogP contribution in [-0.2, 0) is 0 Å². The van der Waals surface area contributed by atoms with Gasteiger partial charge in [-0.25, -0.2) is 9.37 Å². The molecule has 0 fully saturated rings. The molecule has 1 aromatic carbocycles. The van der Waals surface area contributed by atoms with Crippen LogP contribution in [0.4, 0.5) is 16.1 Å². The van der Waals surface area contributed by atoms with Crippen molar-refractivity contribution in [1.29, 1.82) is 0 Å². The first-order valence-electron chi connectivity index (χ1n) is 5.15. The summed E-state index contributed by atoms with van der Waals surface area (Å²) in [6, 6.07) is 8.04. The zero-order chi connectivity index (χ0) is 12.5. The zero-order valence-corrected chi connectivity index (χ0v) is 10.6. The quantitative estimate of drug-likeness (QED) is 0.781. The molecule has 0 saturated carbocycles. The Bertz CT molecular complexity index is 696. The standard InChI is InChI=1S/C12H7BrFN3O/c13-7-5-10-11(15-6-7)17-12(18-10)16-9-3-1-8(14)2-4-9/h1-6H,(H,15,16,17). The Morgan fingerprint density at radius 3 is 2.78 bits per heavy atom. The summed E-state index contributed by atoms with van der Waals surface area (Å²) in [5.41, 5.74) is 1.79. The summed E-state index contributed by atoms with van der Waals surface area (Å²) >= 11 is 3.30. The molecule has 3 rings (SSSR count). The predicted octanol–water partition coefficient (Wildman–Crippen LogP) is 3.87. The fraction of sp³-hybridized carbons (Fsp3) is 0. The Labute approximate surface area is 110 Å². The molecule has 18 heavy (non-hydrogen) atoms. The van der Waals surface area contributed by atoms with Gasteiger partial charge < -0.3 is 9.73 Å². The van der Waals surface area contributed by atoms with Gasteiger partial charge in [0.05, 0.1) is 0 Å². The second-order valence-electron chi connectivity index (χ2n) is 3.63. The lowest BCUT2D eigenvalue weighted by Crippen LogP contribution is -1.89. The maximum Gasteiger partial charge on any atom is 0.301 e. The van der Waals surface area contributed by atoms with Crippen LogP contribution >= 0.6 is 15.9 Å².